The third-order valence-corrected chi connectivity index (χ3v) is 2.16. The molecule has 0 unspecified atom stereocenters. The van der Waals surface area contributed by atoms with Crippen molar-refractivity contribution in [1.82, 2.24) is 9.30 Å². The molecule has 1 aromatic carbocycles. The molecular formula is C9H7N3O4. The average molecular weight is 221 g/mol. The number of nitrogens with two attached hydrogens (primary N) is 1. The first-order chi connectivity index (χ1) is 7.54. The minimum atomic E-state index is -1.18. The lowest BCUT2D eigenvalue weighted by Crippen LogP contribution is -2.43. The van der Waals surface area contributed by atoms with Crippen LogP contribution in [0.4, 0.5) is 4.79 Å². The predicted molar refractivity (Wildman–Crippen MR) is 54.6 cm³/mol. The van der Waals surface area contributed by atoms with Crippen molar-refractivity contribution >= 4 is 16.9 Å². The smallest absolute Gasteiger partial charge is 0.373 e. The molecule has 0 aliphatic heterocycles. The van der Waals surface area contributed by atoms with Crippen LogP contribution in [0.15, 0.2) is 33.9 Å². The predicted octanol–water partition coefficient (Wildman–Crippen LogP) is -0.673. The van der Waals surface area contributed by atoms with Gasteiger partial charge in [-0.2, -0.15) is 0 Å². The van der Waals surface area contributed by atoms with Crippen LogP contribution in [0.3, 0.4) is 0 Å². The van der Waals surface area contributed by atoms with Gasteiger partial charge in [0.1, 0.15) is 0 Å². The molecule has 1 heterocycles. The summed E-state index contributed by atoms with van der Waals surface area (Å²) in [5.74, 6) is 0. The van der Waals surface area contributed by atoms with Gasteiger partial charge in [0.25, 0.3) is 5.56 Å². The van der Waals surface area contributed by atoms with Crippen LogP contribution in [0.25, 0.3) is 10.9 Å². The average Bonchev–Trinajstić information content (AvgIpc) is 2.26. The van der Waals surface area contributed by atoms with E-state index in [0.29, 0.717) is 4.57 Å². The monoisotopic (exact) mass is 221 g/mol. The number of aromatic nitrogens is 2. The van der Waals surface area contributed by atoms with Gasteiger partial charge >= 0.3 is 11.7 Å². The number of hydrogen-bond acceptors (Lipinski definition) is 4. The maximum absolute atomic E-state index is 11.5. The fourth-order valence-corrected chi connectivity index (χ4v) is 1.46. The summed E-state index contributed by atoms with van der Waals surface area (Å²) in [5, 5.41) is 9.23. The van der Waals surface area contributed by atoms with Crippen LogP contribution in [-0.4, -0.2) is 20.5 Å². The second-order valence-corrected chi connectivity index (χ2v) is 3.09. The molecule has 0 aliphatic rings. The molecule has 7 nitrogen and oxygen atoms in total. The van der Waals surface area contributed by atoms with Crippen LogP contribution >= 0.6 is 0 Å². The van der Waals surface area contributed by atoms with Gasteiger partial charge in [0.2, 0.25) is 0 Å². The van der Waals surface area contributed by atoms with Gasteiger partial charge < -0.3 is 10.9 Å². The molecule has 0 fully saturated rings. The number of hydrogen-bond donors (Lipinski definition) is 2. The molecule has 7 heteroatoms. The normalized spacial score (nSPS) is 10.5. The fourth-order valence-electron chi connectivity index (χ4n) is 1.46. The number of fused-ring (bicyclic) bond motifs is 1. The molecule has 0 saturated carbocycles. The summed E-state index contributed by atoms with van der Waals surface area (Å²) in [4.78, 5) is 33.9. The third-order valence-electron chi connectivity index (χ3n) is 2.16. The summed E-state index contributed by atoms with van der Waals surface area (Å²) in [7, 11) is 0. The minimum Gasteiger partial charge on any atom is -0.421 e. The first-order valence-corrected chi connectivity index (χ1v) is 4.30. The zero-order valence-corrected chi connectivity index (χ0v) is 7.95. The zero-order valence-electron chi connectivity index (χ0n) is 7.95. The molecule has 0 spiro atoms. The first kappa shape index (κ1) is 9.97. The Labute approximate surface area is 87.9 Å². The molecule has 0 radical (unpaired) electrons. The van der Waals surface area contributed by atoms with Gasteiger partial charge in [0.15, 0.2) is 0 Å². The number of carbonyl (C=O) groups excluding carboxylic acids is 1. The Morgan fingerprint density at radius 3 is 2.50 bits per heavy atom. The van der Waals surface area contributed by atoms with Gasteiger partial charge in [0, 0.05) is 0 Å². The Kier molecular flexibility index (Phi) is 2.01. The highest BCUT2D eigenvalue weighted by Gasteiger charge is 2.14. The van der Waals surface area contributed by atoms with Gasteiger partial charge in [-0.3, -0.25) is 4.79 Å². The summed E-state index contributed by atoms with van der Waals surface area (Å²) >= 11 is 0. The lowest BCUT2D eigenvalue weighted by Gasteiger charge is -2.06. The molecular weight excluding hydrogens is 214 g/mol. The van der Waals surface area contributed by atoms with Gasteiger partial charge in [-0.1, -0.05) is 16.9 Å². The van der Waals surface area contributed by atoms with Crippen molar-refractivity contribution in [2.75, 3.05) is 0 Å². The van der Waals surface area contributed by atoms with E-state index in [1.54, 1.807) is 12.1 Å². The molecule has 0 bridgehead atoms. The number of benzene rings is 1. The highest BCUT2D eigenvalue weighted by molar-refractivity contribution is 5.88. The van der Waals surface area contributed by atoms with E-state index >= 15 is 0 Å². The van der Waals surface area contributed by atoms with Gasteiger partial charge in [-0.25, -0.2) is 14.2 Å². The number of amides is 1. The second kappa shape index (κ2) is 3.23. The van der Waals surface area contributed by atoms with Crippen LogP contribution in [0, 0.1) is 0 Å². The van der Waals surface area contributed by atoms with E-state index in [2.05, 4.69) is 0 Å². The van der Waals surface area contributed by atoms with Crippen molar-refractivity contribution in [3.63, 3.8) is 0 Å². The Bertz CT molecular complexity index is 698. The lowest BCUT2D eigenvalue weighted by atomic mass is 10.2. The number of primary amides is 1. The van der Waals surface area contributed by atoms with Crippen molar-refractivity contribution in [3.8, 4) is 0 Å². The van der Waals surface area contributed by atoms with Crippen LogP contribution < -0.4 is 17.0 Å². The first-order valence-electron chi connectivity index (χ1n) is 4.30. The van der Waals surface area contributed by atoms with Crippen LogP contribution in [0.2, 0.25) is 0 Å². The van der Waals surface area contributed by atoms with E-state index in [-0.39, 0.29) is 15.6 Å². The number of rotatable bonds is 0. The minimum absolute atomic E-state index is 0.0309. The second-order valence-electron chi connectivity index (χ2n) is 3.09. The van der Waals surface area contributed by atoms with Crippen molar-refractivity contribution < 1.29 is 10.0 Å². The van der Waals surface area contributed by atoms with Crippen LogP contribution in [0.1, 0.15) is 0 Å². The van der Waals surface area contributed by atoms with Gasteiger partial charge in [0.05, 0.1) is 10.9 Å². The van der Waals surface area contributed by atoms with E-state index in [9.17, 15) is 19.6 Å². The molecule has 0 atom stereocenters. The number of nitrogens with zero attached hydrogens (tertiary/aromatic N) is 2. The number of carbonyl (C=O) groups is 1. The maximum Gasteiger partial charge on any atom is 0.373 e. The summed E-state index contributed by atoms with van der Waals surface area (Å²) in [6.07, 6.45) is 0. The standard InChI is InChI=1S/C9H7N3O4/c10-8(14)11-6-4-2-1-3-5(6)7(13)12(16)9(11)15/h1-4,16H,(H2,10,14). The largest absolute Gasteiger partial charge is 0.421 e. The molecule has 1 amide bonds. The molecule has 2 aromatic rings. The summed E-state index contributed by atoms with van der Waals surface area (Å²) in [6, 6.07) is 4.79. The highest BCUT2D eigenvalue weighted by Crippen LogP contribution is 2.05. The zero-order chi connectivity index (χ0) is 11.9. The Balaban J connectivity index is 3.17. The SMILES string of the molecule is NC(=O)n1c(=O)n(O)c(=O)c2ccccc21. The van der Waals surface area contributed by atoms with Crippen LogP contribution in [0.5, 0.6) is 0 Å². The van der Waals surface area contributed by atoms with E-state index < -0.39 is 17.3 Å². The molecule has 0 aliphatic carbocycles. The van der Waals surface area contributed by atoms with E-state index in [4.69, 9.17) is 5.73 Å². The summed E-state index contributed by atoms with van der Waals surface area (Å²) in [6.45, 7) is 0. The summed E-state index contributed by atoms with van der Waals surface area (Å²) < 4.78 is 0.379. The Morgan fingerprint density at radius 1 is 1.25 bits per heavy atom. The van der Waals surface area contributed by atoms with E-state index in [1.165, 1.54) is 12.1 Å². The van der Waals surface area contributed by atoms with Crippen molar-refractivity contribution in [2.45, 2.75) is 0 Å². The van der Waals surface area contributed by atoms with Gasteiger partial charge in [-0.15, -0.1) is 0 Å². The van der Waals surface area contributed by atoms with Gasteiger partial charge in [-0.05, 0) is 12.1 Å². The lowest BCUT2D eigenvalue weighted by molar-refractivity contribution is 0.158. The number of para-hydroxylation sites is 1. The Hall–Kier alpha value is -2.57. The third kappa shape index (κ3) is 1.18. The van der Waals surface area contributed by atoms with Crippen molar-refractivity contribution in [2.24, 2.45) is 5.73 Å². The molecule has 82 valence electrons. The molecule has 16 heavy (non-hydrogen) atoms. The van der Waals surface area contributed by atoms with E-state index in [0.717, 1.165) is 0 Å². The summed E-state index contributed by atoms with van der Waals surface area (Å²) in [5.41, 5.74) is 2.99. The molecule has 1 aromatic heterocycles. The van der Waals surface area contributed by atoms with Crippen molar-refractivity contribution in [1.29, 1.82) is 0 Å². The molecule has 3 N–H and O–H groups in total. The van der Waals surface area contributed by atoms with Crippen molar-refractivity contribution in [3.05, 3.63) is 45.1 Å². The topological polar surface area (TPSA) is 107 Å². The van der Waals surface area contributed by atoms with Crippen LogP contribution in [-0.2, 0) is 0 Å². The molecule has 2 rings (SSSR count). The quantitative estimate of drug-likeness (QED) is 0.575. The highest BCUT2D eigenvalue weighted by atomic mass is 16.5. The Morgan fingerprint density at radius 2 is 1.88 bits per heavy atom. The van der Waals surface area contributed by atoms with E-state index in [1.807, 2.05) is 0 Å². The fraction of sp³-hybridized carbons (Fsp3) is 0. The maximum atomic E-state index is 11.5. The molecule has 0 saturated heterocycles.